The van der Waals surface area contributed by atoms with Crippen LogP contribution in [0.4, 0.5) is 0 Å². The molecule has 3 aromatic carbocycles. The monoisotopic (exact) mass is 356 g/mol. The Balaban J connectivity index is 1.44. The van der Waals surface area contributed by atoms with Crippen LogP contribution in [0.2, 0.25) is 0 Å². The molecule has 4 aromatic rings. The van der Waals surface area contributed by atoms with Crippen LogP contribution >= 0.6 is 11.3 Å². The number of ether oxygens (including phenoxy) is 2. The normalized spacial score (nSPS) is 12.9. The lowest BCUT2D eigenvalue weighted by Crippen LogP contribution is -1.92. The van der Waals surface area contributed by atoms with Crippen molar-refractivity contribution in [1.29, 1.82) is 0 Å². The molecular weight excluding hydrogens is 340 g/mol. The molecule has 2 nitrogen and oxygen atoms in total. The highest BCUT2D eigenvalue weighted by atomic mass is 32.1. The van der Waals surface area contributed by atoms with E-state index in [1.165, 1.54) is 26.1 Å². The van der Waals surface area contributed by atoms with Gasteiger partial charge in [-0.15, -0.1) is 11.3 Å². The molecule has 0 radical (unpaired) electrons. The lowest BCUT2D eigenvalue weighted by Gasteiger charge is -1.98. The lowest BCUT2D eigenvalue weighted by molar-refractivity contribution is 0.174. The standard InChI is InChI=1S/C23H16O2S/c1-2-4-18(5-3-1)23-14-19-12-16(9-11-22(19)26-23)6-7-17-8-10-20-21(13-17)25-15-24-20/h1-14H,15H2/b7-6+. The first kappa shape index (κ1) is 15.2. The van der Waals surface area contributed by atoms with E-state index in [-0.39, 0.29) is 0 Å². The predicted octanol–water partition coefficient (Wildman–Crippen LogP) is 6.47. The molecule has 0 N–H and O–H groups in total. The van der Waals surface area contributed by atoms with Gasteiger partial charge in [0.05, 0.1) is 0 Å². The zero-order valence-corrected chi connectivity index (χ0v) is 14.8. The van der Waals surface area contributed by atoms with E-state index in [1.54, 1.807) is 0 Å². The van der Waals surface area contributed by atoms with Gasteiger partial charge in [-0.1, -0.05) is 54.6 Å². The van der Waals surface area contributed by atoms with Crippen molar-refractivity contribution in [2.45, 2.75) is 0 Å². The van der Waals surface area contributed by atoms with E-state index in [2.05, 4.69) is 66.7 Å². The molecule has 5 rings (SSSR count). The molecule has 126 valence electrons. The van der Waals surface area contributed by atoms with Crippen LogP contribution in [-0.2, 0) is 0 Å². The maximum absolute atomic E-state index is 5.44. The minimum Gasteiger partial charge on any atom is -0.454 e. The van der Waals surface area contributed by atoms with Crippen LogP contribution in [0.25, 0.3) is 32.7 Å². The van der Waals surface area contributed by atoms with E-state index in [9.17, 15) is 0 Å². The fourth-order valence-electron chi connectivity index (χ4n) is 3.12. The van der Waals surface area contributed by atoms with Crippen LogP contribution in [0.1, 0.15) is 11.1 Å². The maximum atomic E-state index is 5.44. The van der Waals surface area contributed by atoms with E-state index in [1.807, 2.05) is 29.5 Å². The summed E-state index contributed by atoms with van der Waals surface area (Å²) >= 11 is 1.83. The average molecular weight is 356 g/mol. The van der Waals surface area contributed by atoms with Gasteiger partial charge in [-0.3, -0.25) is 0 Å². The fourth-order valence-corrected chi connectivity index (χ4v) is 4.17. The minimum atomic E-state index is 0.307. The van der Waals surface area contributed by atoms with Gasteiger partial charge in [-0.25, -0.2) is 0 Å². The Morgan fingerprint density at radius 2 is 1.50 bits per heavy atom. The maximum Gasteiger partial charge on any atom is 0.231 e. The summed E-state index contributed by atoms with van der Waals surface area (Å²) < 4.78 is 12.1. The molecule has 0 spiro atoms. The van der Waals surface area contributed by atoms with Crippen molar-refractivity contribution >= 4 is 33.6 Å². The summed E-state index contributed by atoms with van der Waals surface area (Å²) in [6.07, 6.45) is 4.24. The molecule has 3 heteroatoms. The summed E-state index contributed by atoms with van der Waals surface area (Å²) in [5.74, 6) is 1.63. The summed E-state index contributed by atoms with van der Waals surface area (Å²) in [6, 6.07) is 25.4. The first-order valence-electron chi connectivity index (χ1n) is 8.52. The Kier molecular flexibility index (Phi) is 3.72. The van der Waals surface area contributed by atoms with E-state index in [4.69, 9.17) is 9.47 Å². The van der Waals surface area contributed by atoms with Gasteiger partial charge in [0, 0.05) is 9.58 Å². The zero-order valence-electron chi connectivity index (χ0n) is 14.0. The molecule has 26 heavy (non-hydrogen) atoms. The third kappa shape index (κ3) is 2.87. The molecule has 0 atom stereocenters. The predicted molar refractivity (Wildman–Crippen MR) is 109 cm³/mol. The van der Waals surface area contributed by atoms with E-state index in [0.717, 1.165) is 17.1 Å². The summed E-state index contributed by atoms with van der Waals surface area (Å²) in [7, 11) is 0. The Bertz CT molecular complexity index is 1110. The van der Waals surface area contributed by atoms with Crippen molar-refractivity contribution in [3.05, 3.63) is 83.9 Å². The van der Waals surface area contributed by atoms with Crippen molar-refractivity contribution in [3.63, 3.8) is 0 Å². The highest BCUT2D eigenvalue weighted by molar-refractivity contribution is 7.22. The minimum absolute atomic E-state index is 0.307. The van der Waals surface area contributed by atoms with Crippen LogP contribution in [0.15, 0.2) is 72.8 Å². The summed E-state index contributed by atoms with van der Waals surface area (Å²) in [5, 5.41) is 1.28. The summed E-state index contributed by atoms with van der Waals surface area (Å²) in [4.78, 5) is 1.30. The van der Waals surface area contributed by atoms with Crippen molar-refractivity contribution < 1.29 is 9.47 Å². The number of benzene rings is 3. The molecule has 0 saturated heterocycles. The van der Waals surface area contributed by atoms with Crippen LogP contribution < -0.4 is 9.47 Å². The highest BCUT2D eigenvalue weighted by Gasteiger charge is 2.12. The third-order valence-corrected chi connectivity index (χ3v) is 5.63. The molecule has 0 amide bonds. The highest BCUT2D eigenvalue weighted by Crippen LogP contribution is 2.35. The molecule has 0 saturated carbocycles. The van der Waals surface area contributed by atoms with Crippen LogP contribution in [0, 0.1) is 0 Å². The van der Waals surface area contributed by atoms with Gasteiger partial charge >= 0.3 is 0 Å². The molecule has 1 aromatic heterocycles. The second-order valence-corrected chi connectivity index (χ2v) is 7.30. The van der Waals surface area contributed by atoms with E-state index < -0.39 is 0 Å². The SMILES string of the molecule is C(=C\c1ccc2sc(-c3ccccc3)cc2c1)/c1ccc2c(c1)OCO2. The van der Waals surface area contributed by atoms with Gasteiger partial charge in [0.25, 0.3) is 0 Å². The van der Waals surface area contributed by atoms with Crippen molar-refractivity contribution in [1.82, 2.24) is 0 Å². The van der Waals surface area contributed by atoms with Crippen LogP contribution in [-0.4, -0.2) is 6.79 Å². The largest absolute Gasteiger partial charge is 0.454 e. The van der Waals surface area contributed by atoms with E-state index in [0.29, 0.717) is 6.79 Å². The van der Waals surface area contributed by atoms with Gasteiger partial charge in [0.2, 0.25) is 6.79 Å². The second-order valence-electron chi connectivity index (χ2n) is 6.22. The smallest absolute Gasteiger partial charge is 0.231 e. The van der Waals surface area contributed by atoms with Crippen molar-refractivity contribution in [2.75, 3.05) is 6.79 Å². The molecule has 1 aliphatic heterocycles. The topological polar surface area (TPSA) is 18.5 Å². The number of hydrogen-bond acceptors (Lipinski definition) is 3. The Morgan fingerprint density at radius 1 is 0.731 bits per heavy atom. The third-order valence-electron chi connectivity index (χ3n) is 4.46. The quantitative estimate of drug-likeness (QED) is 0.392. The Hall–Kier alpha value is -3.04. The van der Waals surface area contributed by atoms with Gasteiger partial charge in [-0.05, 0) is 52.4 Å². The van der Waals surface area contributed by atoms with E-state index >= 15 is 0 Å². The van der Waals surface area contributed by atoms with Crippen LogP contribution in [0.5, 0.6) is 11.5 Å². The molecule has 0 bridgehead atoms. The summed E-state index contributed by atoms with van der Waals surface area (Å²) in [6.45, 7) is 0.307. The average Bonchev–Trinajstić information content (AvgIpc) is 3.33. The first-order chi connectivity index (χ1) is 12.8. The second kappa shape index (κ2) is 6.36. The number of thiophene rings is 1. The number of hydrogen-bond donors (Lipinski definition) is 0. The molecular formula is C23H16O2S. The molecule has 0 unspecified atom stereocenters. The Morgan fingerprint density at radius 3 is 2.38 bits per heavy atom. The van der Waals surface area contributed by atoms with Crippen molar-refractivity contribution in [3.8, 4) is 21.9 Å². The van der Waals surface area contributed by atoms with Crippen molar-refractivity contribution in [2.24, 2.45) is 0 Å². The number of rotatable bonds is 3. The van der Waals surface area contributed by atoms with Gasteiger partial charge in [0.1, 0.15) is 0 Å². The molecule has 2 heterocycles. The Labute approximate surface area is 155 Å². The van der Waals surface area contributed by atoms with Gasteiger partial charge in [0.15, 0.2) is 11.5 Å². The fraction of sp³-hybridized carbons (Fsp3) is 0.0435. The molecule has 1 aliphatic rings. The number of fused-ring (bicyclic) bond motifs is 2. The van der Waals surface area contributed by atoms with Gasteiger partial charge in [-0.2, -0.15) is 0 Å². The van der Waals surface area contributed by atoms with Gasteiger partial charge < -0.3 is 9.47 Å². The molecule has 0 fully saturated rings. The zero-order chi connectivity index (χ0) is 17.3. The first-order valence-corrected chi connectivity index (χ1v) is 9.34. The van der Waals surface area contributed by atoms with Crippen LogP contribution in [0.3, 0.4) is 0 Å². The lowest BCUT2D eigenvalue weighted by atomic mass is 10.1. The summed E-state index contributed by atoms with van der Waals surface area (Å²) in [5.41, 5.74) is 3.56. The molecule has 0 aliphatic carbocycles.